The number of aromatic nitrogens is 4. The van der Waals surface area contributed by atoms with Crippen LogP contribution in [0.15, 0.2) is 97.7 Å². The largest absolute Gasteiger partial charge is 0.508 e. The van der Waals surface area contributed by atoms with Gasteiger partial charge in [0.2, 0.25) is 94.5 Å². The number of rotatable bonds is 28. The van der Waals surface area contributed by atoms with Crippen LogP contribution in [0.3, 0.4) is 0 Å². The molecule has 4 fully saturated rings. The molecule has 4 aliphatic rings. The summed E-state index contributed by atoms with van der Waals surface area (Å²) >= 11 is 0.770. The smallest absolute Gasteiger partial charge is 0.305 e. The number of benzene rings is 3. The molecule has 754 valence electrons. The average molecular weight is 1950 g/mol. The van der Waals surface area contributed by atoms with Gasteiger partial charge >= 0.3 is 5.97 Å². The number of para-hydroxylation sites is 2. The minimum absolute atomic E-state index is 0.00962. The third kappa shape index (κ3) is 29.9. The maximum atomic E-state index is 15.9. The molecule has 0 radical (unpaired) electrons. The van der Waals surface area contributed by atoms with E-state index in [0.29, 0.717) is 77.0 Å². The van der Waals surface area contributed by atoms with Crippen LogP contribution in [0.1, 0.15) is 152 Å². The monoisotopic (exact) mass is 1950 g/mol. The summed E-state index contributed by atoms with van der Waals surface area (Å²) in [7, 11) is 2.70. The number of aromatic hydroxyl groups is 1. The number of H-pyrrole nitrogens is 3. The molecule has 3 aromatic heterocycles. The van der Waals surface area contributed by atoms with E-state index in [1.165, 1.54) is 55.8 Å². The molecule has 139 heavy (non-hydrogen) atoms. The number of aliphatic hydroxyl groups excluding tert-OH is 2. The van der Waals surface area contributed by atoms with Crippen molar-refractivity contribution in [2.24, 2.45) is 17.2 Å². The summed E-state index contributed by atoms with van der Waals surface area (Å²) in [5.74, 6) is -18.1. The van der Waals surface area contributed by atoms with Crippen LogP contribution in [0.25, 0.3) is 21.8 Å². The number of carbonyl (C=O) groups is 17. The van der Waals surface area contributed by atoms with E-state index in [4.69, 9.17) is 22.6 Å². The molecule has 0 saturated carbocycles. The van der Waals surface area contributed by atoms with Crippen molar-refractivity contribution in [3.63, 3.8) is 0 Å². The Morgan fingerprint density at radius 2 is 1.04 bits per heavy atom. The lowest BCUT2D eigenvalue weighted by molar-refractivity contribution is -0.149. The Kier molecular flexibility index (Phi) is 40.2. The molecule has 7 heterocycles. The van der Waals surface area contributed by atoms with Gasteiger partial charge in [0.25, 0.3) is 0 Å². The van der Waals surface area contributed by atoms with Crippen LogP contribution in [0.5, 0.6) is 5.75 Å². The zero-order valence-electron chi connectivity index (χ0n) is 78.4. The van der Waals surface area contributed by atoms with Gasteiger partial charge in [0.05, 0.1) is 36.8 Å². The number of carboxylic acids is 1. The molecular formula is C93H130N24O21S. The Hall–Kier alpha value is -13.8. The van der Waals surface area contributed by atoms with Gasteiger partial charge in [-0.1, -0.05) is 88.1 Å². The number of unbranched alkanes of at least 4 members (excludes halogenated alkanes) is 2. The van der Waals surface area contributed by atoms with Crippen molar-refractivity contribution < 1.29 is 102 Å². The van der Waals surface area contributed by atoms with Crippen molar-refractivity contribution in [1.82, 2.24) is 103 Å². The van der Waals surface area contributed by atoms with Gasteiger partial charge in [-0.25, -0.2) is 4.98 Å². The minimum atomic E-state index is -1.89. The van der Waals surface area contributed by atoms with Crippen molar-refractivity contribution in [1.29, 1.82) is 5.41 Å². The number of primary amides is 1. The number of phenolic OH excluding ortho intramolecular Hbond substituents is 1. The van der Waals surface area contributed by atoms with Crippen LogP contribution < -0.4 is 75.7 Å². The Labute approximate surface area is 806 Å². The number of imidazole rings is 1. The lowest BCUT2D eigenvalue weighted by Gasteiger charge is -2.38. The van der Waals surface area contributed by atoms with Gasteiger partial charge in [0, 0.05) is 125 Å². The second-order valence-electron chi connectivity index (χ2n) is 35.4. The number of nitrogens with zero attached hydrogens (tertiary/aromatic N) is 6. The van der Waals surface area contributed by atoms with Gasteiger partial charge in [0.1, 0.15) is 90.3 Å². The van der Waals surface area contributed by atoms with E-state index < -0.39 is 248 Å². The maximum Gasteiger partial charge on any atom is 0.305 e. The second kappa shape index (κ2) is 52.1. The number of likely N-dealkylation sites (N-methyl/N-ethyl adjacent to an activating group) is 2. The fraction of sp³-hybridized carbons (Fsp3) is 0.538. The predicted octanol–water partition coefficient (Wildman–Crippen LogP) is -2.71. The molecular weight excluding hydrogens is 1820 g/mol. The first kappa shape index (κ1) is 107. The zero-order valence-corrected chi connectivity index (χ0v) is 79.2. The number of nitrogens with two attached hydrogens (primary N) is 3. The van der Waals surface area contributed by atoms with Crippen molar-refractivity contribution >= 4 is 140 Å². The van der Waals surface area contributed by atoms with E-state index in [2.05, 4.69) is 78.4 Å². The van der Waals surface area contributed by atoms with Crippen LogP contribution >= 0.6 is 11.8 Å². The molecule has 0 bridgehead atoms. The van der Waals surface area contributed by atoms with Gasteiger partial charge in [-0.3, -0.25) is 86.9 Å². The number of amides is 16. The molecule has 15 atom stereocenters. The molecule has 6 aromatic rings. The number of aliphatic carboxylic acids is 1. The van der Waals surface area contributed by atoms with E-state index in [9.17, 15) is 49.2 Å². The molecule has 4 saturated heterocycles. The van der Waals surface area contributed by atoms with Crippen LogP contribution in [0.2, 0.25) is 0 Å². The molecule has 0 aliphatic carbocycles. The summed E-state index contributed by atoms with van der Waals surface area (Å²) in [5, 5.41) is 81.5. The number of guanidine groups is 1. The van der Waals surface area contributed by atoms with Crippen molar-refractivity contribution in [3.05, 3.63) is 120 Å². The summed E-state index contributed by atoms with van der Waals surface area (Å²) < 4.78 is 0. The summed E-state index contributed by atoms with van der Waals surface area (Å²) in [6.45, 7) is 1.42. The van der Waals surface area contributed by atoms with E-state index in [1.807, 2.05) is 13.8 Å². The number of aromatic amines is 3. The highest BCUT2D eigenvalue weighted by Crippen LogP contribution is 2.29. The van der Waals surface area contributed by atoms with Gasteiger partial charge in [0.15, 0.2) is 5.96 Å². The summed E-state index contributed by atoms with van der Waals surface area (Å²) in [4.78, 5) is 272. The Balaban J connectivity index is 1.03. The van der Waals surface area contributed by atoms with Crippen LogP contribution in [0, 0.1) is 5.41 Å². The average Bonchev–Trinajstić information content (AvgIpc) is 1.59. The number of carbonyl (C=O) groups excluding carboxylic acids is 16. The molecule has 46 heteroatoms. The number of carboxylic acid groups (broad SMARTS) is 1. The van der Waals surface area contributed by atoms with Crippen molar-refractivity contribution in [2.45, 2.75) is 246 Å². The van der Waals surface area contributed by atoms with Gasteiger partial charge in [-0.15, -0.1) is 11.8 Å². The molecule has 0 spiro atoms. The van der Waals surface area contributed by atoms with E-state index in [1.54, 1.807) is 60.9 Å². The number of hydrogen-bond donors (Lipinski definition) is 22. The molecule has 0 unspecified atom stereocenters. The van der Waals surface area contributed by atoms with Crippen LogP contribution in [-0.4, -0.2) is 333 Å². The predicted molar refractivity (Wildman–Crippen MR) is 509 cm³/mol. The first-order valence-corrected chi connectivity index (χ1v) is 48.2. The lowest BCUT2D eigenvalue weighted by Crippen LogP contribution is -2.61. The Morgan fingerprint density at radius 3 is 1.65 bits per heavy atom. The summed E-state index contributed by atoms with van der Waals surface area (Å²) in [6, 6.07) is -2.12. The van der Waals surface area contributed by atoms with Gasteiger partial charge in [-0.05, 0) is 125 Å². The molecule has 25 N–H and O–H groups in total. The highest BCUT2D eigenvalue weighted by molar-refractivity contribution is 8.00. The topological polar surface area (TPSA) is 682 Å². The van der Waals surface area contributed by atoms with Gasteiger partial charge < -0.3 is 136 Å². The number of piperidine rings is 1. The summed E-state index contributed by atoms with van der Waals surface area (Å²) in [6.07, 6.45) is 3.50. The third-order valence-corrected chi connectivity index (χ3v) is 26.3. The van der Waals surface area contributed by atoms with Crippen molar-refractivity contribution in [3.8, 4) is 5.75 Å². The van der Waals surface area contributed by atoms with Crippen molar-refractivity contribution in [2.75, 3.05) is 71.5 Å². The highest BCUT2D eigenvalue weighted by Gasteiger charge is 2.48. The number of phenols is 1. The lowest BCUT2D eigenvalue weighted by atomic mass is 9.97. The van der Waals surface area contributed by atoms with Crippen LogP contribution in [0.4, 0.5) is 0 Å². The fourth-order valence-corrected chi connectivity index (χ4v) is 18.7. The standard InChI is InChI=1S/C93H130N24O21S/c1-5-7-24-71-84(130)106-62(23-16-34-99-93(96)97)80(126)112-70(79(125)102-47-76(95)121)49-139-50-77(122)104-67(38-52-28-30-56(119)31-29-52)90(136)115-35-14-13-26-72(115)86(132)111-69(43-78(123)124)91(137)116-36-17-27-73(116)85(131)109-66(41-55-46-98-51-103-55)83(129)107-64(22-15-33-94)89(135)117-48-57(120)42-75(117)87(133)108-65(39-53-44-100-60-20-11-9-18-58(53)60)82(128)105-63(32-37-118)81(127)110-68(40-54-45-101-61-21-12-10-19-59(54)61)88(134)114(4)74(25-8-6-2)92(138)113(71)3/h9-12,18-21,28-31,44-46,51,57,62-75,100-101,118-120H,5-8,13-17,22-27,32-43,47-50,94H2,1-4H3,(H2,95,121)(H,98,103)(H,102,125)(H,104,122)(H,105,128)(H,106,130)(H,107,129)(H,108,133)(H,109,131)(H,110,127)(H,111,132)(H,112,126)(H,123,124)(H4,96,97,99)/t57-,62+,63+,64+,65+,66+,67+,68+,69+,70+,71+,72+,73+,74+,75+/m1/s1. The Morgan fingerprint density at radius 1 is 0.525 bits per heavy atom. The maximum absolute atomic E-state index is 15.9. The number of fused-ring (bicyclic) bond motifs is 5. The third-order valence-electron chi connectivity index (χ3n) is 25.3. The first-order valence-electron chi connectivity index (χ1n) is 47.1. The normalized spacial score (nSPS) is 24.8. The van der Waals surface area contributed by atoms with E-state index in [-0.39, 0.29) is 121 Å². The molecule has 4 aliphatic heterocycles. The highest BCUT2D eigenvalue weighted by atomic mass is 32.2. The Bertz CT molecular complexity index is 5330. The summed E-state index contributed by atoms with van der Waals surface area (Å²) in [5.41, 5.74) is 20.1. The van der Waals surface area contributed by atoms with Crippen LogP contribution in [-0.2, 0) is 107 Å². The second-order valence-corrected chi connectivity index (χ2v) is 36.5. The molecule has 3 aromatic carbocycles. The van der Waals surface area contributed by atoms with E-state index in [0.717, 1.165) is 31.4 Å². The number of hydrogen-bond acceptors (Lipinski definition) is 24. The van der Waals surface area contributed by atoms with Gasteiger partial charge in [-0.2, -0.15) is 0 Å². The first-order chi connectivity index (χ1) is 66.6. The number of nitrogens with one attached hydrogen (secondary N) is 15. The molecule has 45 nitrogen and oxygen atoms in total. The SMILES string of the molecule is CCCC[C@H]1C(=O)N(C)[C@@H](CCCC)C(=O)N[C@@H](CCCNC(=N)N)C(=O)N[C@H](C(=O)NCC(N)=O)CSCC(=O)N[C@@H](Cc2ccc(O)cc2)C(=O)N2CCCC[C@H]2C(=O)N[C@@H](CC(=O)O)C(=O)N2CCC[C@H]2C(=O)N[C@@H](Cc2c[nH]cn2)C(=O)N[C@@H](CCCN)C(=O)N2C[C@H](O)C[C@H]2C(=O)N[C@@H](Cc2c[nH]c3ccccc23)C(=O)N[C@@H](CCO)C(=O)N[C@@H](Cc2c[nH]c3ccccc23)C(=O)N1C. The quantitative estimate of drug-likeness (QED) is 0.0135. The fourth-order valence-electron chi connectivity index (χ4n) is 17.9. The van der Waals surface area contributed by atoms with E-state index >= 15 is 52.7 Å². The zero-order chi connectivity index (χ0) is 101. The molecule has 16 amide bonds. The number of thioether (sulfide) groups is 1. The number of aliphatic hydroxyl groups is 2. The minimum Gasteiger partial charge on any atom is -0.508 e. The molecule has 10 rings (SSSR count).